The van der Waals surface area contributed by atoms with Crippen LogP contribution in [0, 0.1) is 11.3 Å². The molecule has 0 saturated carbocycles. The third-order valence-corrected chi connectivity index (χ3v) is 2.67. The SMILES string of the molecule is COC(=O)c1ccn2c(C(C)=O)cc(C#N)c2c1. The lowest BCUT2D eigenvalue weighted by atomic mass is 10.2. The van der Waals surface area contributed by atoms with E-state index in [9.17, 15) is 9.59 Å². The summed E-state index contributed by atoms with van der Waals surface area (Å²) in [6.07, 6.45) is 1.58. The fourth-order valence-corrected chi connectivity index (χ4v) is 1.80. The highest BCUT2D eigenvalue weighted by atomic mass is 16.5. The van der Waals surface area contributed by atoms with Crippen molar-refractivity contribution in [3.8, 4) is 6.07 Å². The second-order valence-electron chi connectivity index (χ2n) is 3.77. The lowest BCUT2D eigenvalue weighted by molar-refractivity contribution is 0.0600. The zero-order valence-electron chi connectivity index (χ0n) is 9.93. The summed E-state index contributed by atoms with van der Waals surface area (Å²) in [6, 6.07) is 6.60. The van der Waals surface area contributed by atoms with E-state index in [0.29, 0.717) is 22.3 Å². The van der Waals surface area contributed by atoms with E-state index in [1.165, 1.54) is 26.2 Å². The fourth-order valence-electron chi connectivity index (χ4n) is 1.80. The minimum Gasteiger partial charge on any atom is -0.465 e. The molecule has 2 rings (SSSR count). The van der Waals surface area contributed by atoms with Crippen LogP contribution in [-0.4, -0.2) is 23.3 Å². The molecule has 18 heavy (non-hydrogen) atoms. The van der Waals surface area contributed by atoms with Gasteiger partial charge in [0.05, 0.1) is 29.4 Å². The highest BCUT2D eigenvalue weighted by Gasteiger charge is 2.14. The zero-order valence-corrected chi connectivity index (χ0v) is 9.93. The zero-order chi connectivity index (χ0) is 13.3. The second kappa shape index (κ2) is 4.34. The van der Waals surface area contributed by atoms with Crippen LogP contribution in [0.3, 0.4) is 0 Å². The minimum atomic E-state index is -0.480. The molecule has 90 valence electrons. The van der Waals surface area contributed by atoms with E-state index in [1.807, 2.05) is 6.07 Å². The van der Waals surface area contributed by atoms with Crippen LogP contribution in [0.15, 0.2) is 24.4 Å². The van der Waals surface area contributed by atoms with Crippen molar-refractivity contribution >= 4 is 17.3 Å². The number of fused-ring (bicyclic) bond motifs is 1. The van der Waals surface area contributed by atoms with Gasteiger partial charge in [0, 0.05) is 13.1 Å². The molecule has 0 unspecified atom stereocenters. The van der Waals surface area contributed by atoms with Crippen molar-refractivity contribution < 1.29 is 14.3 Å². The molecule has 2 aromatic heterocycles. The number of ether oxygens (including phenoxy) is 1. The molecule has 0 aliphatic carbocycles. The first-order chi connectivity index (χ1) is 8.58. The van der Waals surface area contributed by atoms with Gasteiger partial charge in [0.2, 0.25) is 0 Å². The topological polar surface area (TPSA) is 71.6 Å². The van der Waals surface area contributed by atoms with Crippen molar-refractivity contribution in [3.05, 3.63) is 41.2 Å². The molecule has 0 aliphatic heterocycles. The number of methoxy groups -OCH3 is 1. The highest BCUT2D eigenvalue weighted by molar-refractivity contribution is 5.96. The van der Waals surface area contributed by atoms with Crippen molar-refractivity contribution in [1.82, 2.24) is 4.40 Å². The number of ketones is 1. The largest absolute Gasteiger partial charge is 0.465 e. The third-order valence-electron chi connectivity index (χ3n) is 2.67. The Kier molecular flexibility index (Phi) is 2.86. The van der Waals surface area contributed by atoms with E-state index >= 15 is 0 Å². The predicted octanol–water partition coefficient (Wildman–Crippen LogP) is 1.80. The Balaban J connectivity index is 2.74. The van der Waals surface area contributed by atoms with E-state index in [4.69, 9.17) is 5.26 Å². The molecule has 0 radical (unpaired) electrons. The van der Waals surface area contributed by atoms with Crippen LogP contribution in [0.2, 0.25) is 0 Å². The average molecular weight is 242 g/mol. The number of esters is 1. The van der Waals surface area contributed by atoms with Crippen molar-refractivity contribution in [2.75, 3.05) is 7.11 Å². The normalized spacial score (nSPS) is 10.1. The number of nitriles is 1. The van der Waals surface area contributed by atoms with Gasteiger partial charge in [0.25, 0.3) is 0 Å². The molecule has 0 spiro atoms. The quantitative estimate of drug-likeness (QED) is 0.594. The van der Waals surface area contributed by atoms with E-state index < -0.39 is 5.97 Å². The molecule has 0 aromatic carbocycles. The standard InChI is InChI=1S/C13H10N2O3/c1-8(16)11-6-10(7-14)12-5-9(13(17)18-2)3-4-15(11)12/h3-6H,1-2H3. The Labute approximate surface area is 103 Å². The molecule has 0 bridgehead atoms. The maximum Gasteiger partial charge on any atom is 0.337 e. The number of aromatic nitrogens is 1. The van der Waals surface area contributed by atoms with Crippen LogP contribution < -0.4 is 0 Å². The molecule has 2 aromatic rings. The van der Waals surface area contributed by atoms with Crippen molar-refractivity contribution in [2.45, 2.75) is 6.92 Å². The number of hydrogen-bond acceptors (Lipinski definition) is 4. The summed E-state index contributed by atoms with van der Waals surface area (Å²) in [6.45, 7) is 1.43. The van der Waals surface area contributed by atoms with E-state index in [1.54, 1.807) is 16.7 Å². The number of pyridine rings is 1. The van der Waals surface area contributed by atoms with Crippen LogP contribution >= 0.6 is 0 Å². The molecule has 5 nitrogen and oxygen atoms in total. The fraction of sp³-hybridized carbons (Fsp3) is 0.154. The Bertz CT molecular complexity index is 692. The maximum atomic E-state index is 11.4. The number of rotatable bonds is 2. The number of carbonyl (C=O) groups is 2. The maximum absolute atomic E-state index is 11.4. The lowest BCUT2D eigenvalue weighted by Gasteiger charge is -2.02. The van der Waals surface area contributed by atoms with Crippen LogP contribution in [0.5, 0.6) is 0 Å². The number of hydrogen-bond donors (Lipinski definition) is 0. The van der Waals surface area contributed by atoms with Crippen LogP contribution in [0.25, 0.3) is 5.52 Å². The summed E-state index contributed by atoms with van der Waals surface area (Å²) in [7, 11) is 1.29. The van der Waals surface area contributed by atoms with E-state index in [-0.39, 0.29) is 5.78 Å². The van der Waals surface area contributed by atoms with Crippen LogP contribution in [-0.2, 0) is 4.74 Å². The molecular formula is C13H10N2O3. The summed E-state index contributed by atoms with van der Waals surface area (Å²) in [4.78, 5) is 22.9. The Morgan fingerprint density at radius 2 is 2.11 bits per heavy atom. The van der Waals surface area contributed by atoms with Gasteiger partial charge >= 0.3 is 5.97 Å². The molecule has 2 heterocycles. The van der Waals surface area contributed by atoms with Gasteiger partial charge in [-0.15, -0.1) is 0 Å². The predicted molar refractivity (Wildman–Crippen MR) is 63.5 cm³/mol. The molecule has 0 saturated heterocycles. The van der Waals surface area contributed by atoms with Crippen LogP contribution in [0.4, 0.5) is 0 Å². The van der Waals surface area contributed by atoms with Gasteiger partial charge in [-0.3, -0.25) is 4.79 Å². The second-order valence-corrected chi connectivity index (χ2v) is 3.77. The van der Waals surface area contributed by atoms with Crippen molar-refractivity contribution in [3.63, 3.8) is 0 Å². The molecule has 5 heteroatoms. The van der Waals surface area contributed by atoms with Gasteiger partial charge in [0.15, 0.2) is 5.78 Å². The highest BCUT2D eigenvalue weighted by Crippen LogP contribution is 2.19. The smallest absolute Gasteiger partial charge is 0.337 e. The third kappa shape index (κ3) is 1.74. The van der Waals surface area contributed by atoms with Crippen molar-refractivity contribution in [1.29, 1.82) is 5.26 Å². The first-order valence-corrected chi connectivity index (χ1v) is 5.23. The van der Waals surface area contributed by atoms with Gasteiger partial charge in [-0.05, 0) is 18.2 Å². The number of Topliss-reactive ketones (excluding diaryl/α,β-unsaturated/α-hetero) is 1. The summed E-state index contributed by atoms with van der Waals surface area (Å²) in [5.74, 6) is -0.621. The Morgan fingerprint density at radius 3 is 2.67 bits per heavy atom. The monoisotopic (exact) mass is 242 g/mol. The van der Waals surface area contributed by atoms with Gasteiger partial charge in [-0.2, -0.15) is 5.26 Å². The lowest BCUT2D eigenvalue weighted by Crippen LogP contribution is -2.03. The van der Waals surface area contributed by atoms with Gasteiger partial charge in [0.1, 0.15) is 6.07 Å². The summed E-state index contributed by atoms with van der Waals surface area (Å²) in [5, 5.41) is 9.03. The molecule has 0 amide bonds. The number of carbonyl (C=O) groups excluding carboxylic acids is 2. The van der Waals surface area contributed by atoms with Gasteiger partial charge in [-0.25, -0.2) is 4.79 Å². The summed E-state index contributed by atoms with van der Waals surface area (Å²) >= 11 is 0. The first kappa shape index (κ1) is 11.9. The Morgan fingerprint density at radius 1 is 1.39 bits per heavy atom. The molecule has 0 aliphatic rings. The Hall–Kier alpha value is -2.61. The van der Waals surface area contributed by atoms with Crippen molar-refractivity contribution in [2.24, 2.45) is 0 Å². The summed E-state index contributed by atoms with van der Waals surface area (Å²) in [5.41, 5.74) is 1.63. The molecule has 0 atom stereocenters. The summed E-state index contributed by atoms with van der Waals surface area (Å²) < 4.78 is 6.21. The van der Waals surface area contributed by atoms with E-state index in [2.05, 4.69) is 4.74 Å². The van der Waals surface area contributed by atoms with E-state index in [0.717, 1.165) is 0 Å². The minimum absolute atomic E-state index is 0.141. The molecule has 0 N–H and O–H groups in total. The molecule has 0 fully saturated rings. The molecular weight excluding hydrogens is 232 g/mol. The van der Waals surface area contributed by atoms with Gasteiger partial charge < -0.3 is 9.14 Å². The average Bonchev–Trinajstić information content (AvgIpc) is 2.75. The van der Waals surface area contributed by atoms with Crippen LogP contribution in [0.1, 0.15) is 33.3 Å². The number of nitrogens with zero attached hydrogens (tertiary/aromatic N) is 2. The first-order valence-electron chi connectivity index (χ1n) is 5.23. The van der Waals surface area contributed by atoms with Gasteiger partial charge in [-0.1, -0.05) is 0 Å².